The van der Waals surface area contributed by atoms with Crippen LogP contribution < -0.4 is 10.6 Å². The van der Waals surface area contributed by atoms with E-state index in [1.165, 1.54) is 25.9 Å². The summed E-state index contributed by atoms with van der Waals surface area (Å²) in [5.41, 5.74) is -0.270. The first-order valence-electron chi connectivity index (χ1n) is 7.52. The van der Waals surface area contributed by atoms with Gasteiger partial charge in [0, 0.05) is 6.54 Å². The molecular weight excluding hydrogens is 226 g/mol. The highest BCUT2D eigenvalue weighted by Gasteiger charge is 2.38. The van der Waals surface area contributed by atoms with Crippen molar-refractivity contribution in [1.82, 2.24) is 15.5 Å². The molecule has 0 spiro atoms. The Morgan fingerprint density at radius 2 is 2.11 bits per heavy atom. The van der Waals surface area contributed by atoms with E-state index in [1.54, 1.807) is 0 Å². The molecule has 2 aliphatic rings. The van der Waals surface area contributed by atoms with Crippen molar-refractivity contribution in [1.29, 1.82) is 0 Å². The molecule has 2 aliphatic heterocycles. The number of hydrogen-bond acceptors (Lipinski definition) is 3. The van der Waals surface area contributed by atoms with Crippen molar-refractivity contribution in [3.63, 3.8) is 0 Å². The molecule has 0 aromatic rings. The van der Waals surface area contributed by atoms with Crippen molar-refractivity contribution in [3.05, 3.63) is 0 Å². The molecule has 0 aliphatic carbocycles. The zero-order valence-corrected chi connectivity index (χ0v) is 11.6. The highest BCUT2D eigenvalue weighted by atomic mass is 16.2. The van der Waals surface area contributed by atoms with E-state index < -0.39 is 0 Å². The summed E-state index contributed by atoms with van der Waals surface area (Å²) in [6, 6.07) is 0. The fourth-order valence-electron chi connectivity index (χ4n) is 3.14. The summed E-state index contributed by atoms with van der Waals surface area (Å²) in [5, 5.41) is 6.49. The van der Waals surface area contributed by atoms with Crippen LogP contribution in [0.5, 0.6) is 0 Å². The van der Waals surface area contributed by atoms with E-state index >= 15 is 0 Å². The van der Waals surface area contributed by atoms with Crippen LogP contribution in [0.3, 0.4) is 0 Å². The van der Waals surface area contributed by atoms with Crippen molar-refractivity contribution < 1.29 is 4.79 Å². The molecule has 2 heterocycles. The Hall–Kier alpha value is -0.610. The molecule has 18 heavy (non-hydrogen) atoms. The first-order valence-corrected chi connectivity index (χ1v) is 7.52. The molecule has 4 heteroatoms. The lowest BCUT2D eigenvalue weighted by Crippen LogP contribution is -2.53. The molecule has 1 atom stereocenters. The quantitative estimate of drug-likeness (QED) is 0.697. The predicted molar refractivity (Wildman–Crippen MR) is 73.6 cm³/mol. The van der Waals surface area contributed by atoms with E-state index in [4.69, 9.17) is 0 Å². The van der Waals surface area contributed by atoms with Gasteiger partial charge in [-0.15, -0.1) is 0 Å². The smallest absolute Gasteiger partial charge is 0.240 e. The second-order valence-electron chi connectivity index (χ2n) is 5.62. The second-order valence-corrected chi connectivity index (χ2v) is 5.62. The first kappa shape index (κ1) is 13.8. The van der Waals surface area contributed by atoms with E-state index in [9.17, 15) is 4.79 Å². The molecule has 0 radical (unpaired) electrons. The molecule has 2 fully saturated rings. The topological polar surface area (TPSA) is 44.4 Å². The van der Waals surface area contributed by atoms with Gasteiger partial charge < -0.3 is 15.5 Å². The van der Waals surface area contributed by atoms with E-state index in [1.807, 2.05) is 0 Å². The van der Waals surface area contributed by atoms with Gasteiger partial charge in [-0.1, -0.05) is 6.92 Å². The predicted octanol–water partition coefficient (Wildman–Crippen LogP) is 1.12. The van der Waals surface area contributed by atoms with Crippen LogP contribution in [0.25, 0.3) is 0 Å². The van der Waals surface area contributed by atoms with E-state index in [2.05, 4.69) is 22.5 Å². The van der Waals surface area contributed by atoms with Crippen LogP contribution in [0.1, 0.15) is 45.4 Å². The van der Waals surface area contributed by atoms with Crippen LogP contribution in [-0.4, -0.2) is 49.1 Å². The molecule has 2 rings (SSSR count). The third kappa shape index (κ3) is 3.23. The summed E-state index contributed by atoms with van der Waals surface area (Å²) in [6.07, 6.45) is 6.76. The molecule has 0 aromatic heterocycles. The Kier molecular flexibility index (Phi) is 5.01. The minimum Gasteiger partial charge on any atom is -0.354 e. The van der Waals surface area contributed by atoms with Crippen molar-refractivity contribution in [2.75, 3.05) is 32.7 Å². The van der Waals surface area contributed by atoms with Gasteiger partial charge in [-0.05, 0) is 64.7 Å². The number of nitrogens with one attached hydrogen (secondary N) is 2. The number of amides is 1. The molecule has 4 nitrogen and oxygen atoms in total. The number of likely N-dealkylation sites (tertiary alicyclic amines) is 1. The third-order valence-electron chi connectivity index (χ3n) is 4.42. The van der Waals surface area contributed by atoms with Crippen LogP contribution in [0.15, 0.2) is 0 Å². The lowest BCUT2D eigenvalue weighted by molar-refractivity contribution is -0.127. The summed E-state index contributed by atoms with van der Waals surface area (Å²) in [6.45, 7) is 7.52. The van der Waals surface area contributed by atoms with Gasteiger partial charge in [-0.2, -0.15) is 0 Å². The van der Waals surface area contributed by atoms with E-state index in [0.29, 0.717) is 0 Å². The maximum absolute atomic E-state index is 12.2. The minimum atomic E-state index is -0.270. The van der Waals surface area contributed by atoms with Gasteiger partial charge in [0.05, 0.1) is 5.54 Å². The summed E-state index contributed by atoms with van der Waals surface area (Å²) in [7, 11) is 0. The van der Waals surface area contributed by atoms with Gasteiger partial charge in [0.1, 0.15) is 0 Å². The van der Waals surface area contributed by atoms with Crippen molar-refractivity contribution in [3.8, 4) is 0 Å². The van der Waals surface area contributed by atoms with Crippen molar-refractivity contribution in [2.45, 2.75) is 51.0 Å². The fraction of sp³-hybridized carbons (Fsp3) is 0.929. The summed E-state index contributed by atoms with van der Waals surface area (Å²) < 4.78 is 0. The van der Waals surface area contributed by atoms with Gasteiger partial charge in [0.15, 0.2) is 0 Å². The van der Waals surface area contributed by atoms with Crippen LogP contribution in [0.2, 0.25) is 0 Å². The molecule has 0 aromatic carbocycles. The lowest BCUT2D eigenvalue weighted by atomic mass is 9.93. The van der Waals surface area contributed by atoms with Gasteiger partial charge in [0.2, 0.25) is 5.91 Å². The van der Waals surface area contributed by atoms with Crippen LogP contribution in [0, 0.1) is 0 Å². The number of nitrogens with zero attached hydrogens (tertiary/aromatic N) is 1. The zero-order valence-electron chi connectivity index (χ0n) is 11.6. The molecule has 1 unspecified atom stereocenters. The Morgan fingerprint density at radius 3 is 2.72 bits per heavy atom. The molecule has 0 bridgehead atoms. The average molecular weight is 253 g/mol. The minimum absolute atomic E-state index is 0.212. The van der Waals surface area contributed by atoms with Crippen LogP contribution in [-0.2, 0) is 4.79 Å². The number of carbonyl (C=O) groups is 1. The van der Waals surface area contributed by atoms with Gasteiger partial charge in [-0.25, -0.2) is 0 Å². The SMILES string of the molecule is CCC1(C(=O)NCCCN2CCCC2)CCCN1. The van der Waals surface area contributed by atoms with Crippen LogP contribution >= 0.6 is 0 Å². The third-order valence-corrected chi connectivity index (χ3v) is 4.42. The molecule has 2 N–H and O–H groups in total. The largest absolute Gasteiger partial charge is 0.354 e. The Morgan fingerprint density at radius 1 is 1.33 bits per heavy atom. The fourth-order valence-corrected chi connectivity index (χ4v) is 3.14. The van der Waals surface area contributed by atoms with Crippen molar-refractivity contribution in [2.24, 2.45) is 0 Å². The number of hydrogen-bond donors (Lipinski definition) is 2. The Balaban J connectivity index is 1.64. The molecule has 0 saturated carbocycles. The average Bonchev–Trinajstić information content (AvgIpc) is 3.05. The summed E-state index contributed by atoms with van der Waals surface area (Å²) in [5.74, 6) is 0.212. The second kappa shape index (κ2) is 6.53. The Labute approximate surface area is 110 Å². The molecule has 2 saturated heterocycles. The summed E-state index contributed by atoms with van der Waals surface area (Å²) in [4.78, 5) is 14.7. The molecular formula is C14H27N3O. The zero-order chi connectivity index (χ0) is 12.8. The maximum Gasteiger partial charge on any atom is 0.240 e. The molecule has 1 amide bonds. The normalized spacial score (nSPS) is 28.7. The highest BCUT2D eigenvalue weighted by molar-refractivity contribution is 5.86. The molecule has 104 valence electrons. The summed E-state index contributed by atoms with van der Waals surface area (Å²) >= 11 is 0. The monoisotopic (exact) mass is 253 g/mol. The van der Waals surface area contributed by atoms with Crippen LogP contribution in [0.4, 0.5) is 0 Å². The standard InChI is InChI=1S/C14H27N3O/c1-2-14(7-5-9-16-14)13(18)15-8-6-12-17-10-3-4-11-17/h16H,2-12H2,1H3,(H,15,18). The Bertz CT molecular complexity index is 268. The van der Waals surface area contributed by atoms with Gasteiger partial charge in [-0.3, -0.25) is 4.79 Å². The lowest BCUT2D eigenvalue weighted by Gasteiger charge is -2.26. The first-order chi connectivity index (χ1) is 8.77. The maximum atomic E-state index is 12.2. The number of carbonyl (C=O) groups excluding carboxylic acids is 1. The number of rotatable bonds is 6. The van der Waals surface area contributed by atoms with Gasteiger partial charge >= 0.3 is 0 Å². The van der Waals surface area contributed by atoms with Gasteiger partial charge in [0.25, 0.3) is 0 Å². The highest BCUT2D eigenvalue weighted by Crippen LogP contribution is 2.22. The van der Waals surface area contributed by atoms with Crippen molar-refractivity contribution >= 4 is 5.91 Å². The van der Waals surface area contributed by atoms with E-state index in [-0.39, 0.29) is 11.4 Å². The van der Waals surface area contributed by atoms with E-state index in [0.717, 1.165) is 45.3 Å².